The number of alkyl carbamates (subject to hydrolysis) is 4. The average molecular weight is 1040 g/mol. The van der Waals surface area contributed by atoms with Crippen LogP contribution in [0.25, 0.3) is 0 Å². The van der Waals surface area contributed by atoms with Crippen molar-refractivity contribution in [3.8, 4) is 0 Å². The largest absolute Gasteiger partial charge is 0.444 e. The van der Waals surface area contributed by atoms with Gasteiger partial charge in [0.05, 0.1) is 15.9 Å². The van der Waals surface area contributed by atoms with E-state index in [1.807, 2.05) is 0 Å². The molecule has 0 heterocycles. The Morgan fingerprint density at radius 1 is 0.452 bits per heavy atom. The molecule has 25 nitrogen and oxygen atoms in total. The van der Waals surface area contributed by atoms with Crippen molar-refractivity contribution in [3.63, 3.8) is 0 Å². The van der Waals surface area contributed by atoms with E-state index in [2.05, 4.69) is 42.5 Å². The Kier molecular flexibility index (Phi) is 27.3. The number of amides is 7. The molecule has 0 saturated carbocycles. The van der Waals surface area contributed by atoms with Gasteiger partial charge in [0.1, 0.15) is 46.2 Å². The van der Waals surface area contributed by atoms with Gasteiger partial charge < -0.3 is 61.5 Å². The second-order valence-electron chi connectivity index (χ2n) is 21.2. The number of nitrogens with one attached hydrogen (secondary N) is 8. The summed E-state index contributed by atoms with van der Waals surface area (Å²) in [6, 6.07) is 0.0201. The third-order valence-corrected chi connectivity index (χ3v) is 9.65. The zero-order valence-electron chi connectivity index (χ0n) is 44.8. The molecule has 7 amide bonds. The second-order valence-corrected chi connectivity index (χ2v) is 21.2. The Labute approximate surface area is 428 Å². The van der Waals surface area contributed by atoms with Gasteiger partial charge in [-0.3, -0.25) is 34.6 Å². The van der Waals surface area contributed by atoms with Gasteiger partial charge in [-0.15, -0.1) is 0 Å². The number of anilines is 1. The number of non-ortho nitro benzene ring substituents is 1. The number of nitrogens with zero attached hydrogens (tertiary/aromatic N) is 2. The topological polar surface area (TPSA) is 339 Å². The molecule has 0 saturated heterocycles. The minimum Gasteiger partial charge on any atom is -0.444 e. The molecule has 1 aromatic rings. The van der Waals surface area contributed by atoms with Crippen molar-refractivity contribution in [2.24, 2.45) is 0 Å². The number of nitro groups is 2. The summed E-state index contributed by atoms with van der Waals surface area (Å²) in [6.45, 7) is 21.5. The number of carbonyl (C=O) groups excluding carboxylic acids is 7. The summed E-state index contributed by atoms with van der Waals surface area (Å²) in [5.74, 6) is -1.70. The molecule has 8 N–H and O–H groups in total. The summed E-state index contributed by atoms with van der Waals surface area (Å²) in [5.41, 5.74) is -3.88. The van der Waals surface area contributed by atoms with E-state index in [9.17, 15) is 53.8 Å². The van der Waals surface area contributed by atoms with Crippen LogP contribution in [0.5, 0.6) is 0 Å². The minimum atomic E-state index is -1.15. The molecule has 3 atom stereocenters. The molecule has 0 bridgehead atoms. The summed E-state index contributed by atoms with van der Waals surface area (Å²) < 4.78 is 21.3. The first-order valence-electron chi connectivity index (χ1n) is 24.7. The first kappa shape index (κ1) is 64.3. The van der Waals surface area contributed by atoms with E-state index in [-0.39, 0.29) is 57.7 Å². The van der Waals surface area contributed by atoms with Gasteiger partial charge in [-0.1, -0.05) is 0 Å². The third-order valence-electron chi connectivity index (χ3n) is 9.65. The molecule has 0 aliphatic rings. The smallest absolute Gasteiger partial charge is 0.408 e. The second kappa shape index (κ2) is 31.0. The fourth-order valence-corrected chi connectivity index (χ4v) is 6.48. The molecule has 1 aromatic carbocycles. The fourth-order valence-electron chi connectivity index (χ4n) is 6.48. The van der Waals surface area contributed by atoms with Crippen LogP contribution in [0.2, 0.25) is 0 Å². The van der Waals surface area contributed by atoms with Crippen LogP contribution in [0.15, 0.2) is 18.2 Å². The predicted molar refractivity (Wildman–Crippen MR) is 272 cm³/mol. The first-order chi connectivity index (χ1) is 33.7. The van der Waals surface area contributed by atoms with Gasteiger partial charge >= 0.3 is 24.4 Å². The summed E-state index contributed by atoms with van der Waals surface area (Å²) in [4.78, 5) is 112. The molecular weight excluding hydrogens is 957 g/mol. The quantitative estimate of drug-likeness (QED) is 0.0178. The molecule has 0 fully saturated rings. The Bertz CT molecular complexity index is 1990. The summed E-state index contributed by atoms with van der Waals surface area (Å²) in [7, 11) is 0. The lowest BCUT2D eigenvalue weighted by atomic mass is 10.1. The van der Waals surface area contributed by atoms with Crippen LogP contribution in [-0.2, 0) is 33.3 Å². The first-order valence-corrected chi connectivity index (χ1v) is 24.7. The standard InChI is InChI=1S/C48H82N10O15/c1-45(2,3)70-41(62)52-29-17-14-22-35(55-43(64)72-47(7,8)9)39(60)50-27-16-13-21-34(38(59)51-28-20-19-26-49-33-25-24-32(57(66)67)31-37(33)58(68)69)54-40(61)36(56-44(65)73-48(10,11)12)23-15-18-30-53-42(63)71-46(4,5)6/h24-25,31,34-36,49H,13-23,26-30H2,1-12H3,(H,50,60)(H,51,59)(H,52,62)(H,53,63)(H,54,61)(H,55,64)(H,56,65). The lowest BCUT2D eigenvalue weighted by Gasteiger charge is -2.25. The summed E-state index contributed by atoms with van der Waals surface area (Å²) >= 11 is 0. The highest BCUT2D eigenvalue weighted by Gasteiger charge is 2.29. The number of rotatable bonds is 29. The van der Waals surface area contributed by atoms with Crippen molar-refractivity contribution in [1.29, 1.82) is 0 Å². The van der Waals surface area contributed by atoms with E-state index in [1.165, 1.54) is 6.07 Å². The van der Waals surface area contributed by atoms with Crippen LogP contribution < -0.4 is 42.5 Å². The van der Waals surface area contributed by atoms with Crippen LogP contribution in [0.3, 0.4) is 0 Å². The summed E-state index contributed by atoms with van der Waals surface area (Å²) in [5, 5.41) is 44.5. The van der Waals surface area contributed by atoms with Crippen molar-refractivity contribution in [2.75, 3.05) is 38.0 Å². The molecule has 0 aliphatic heterocycles. The number of hydrogen-bond donors (Lipinski definition) is 8. The maximum Gasteiger partial charge on any atom is 0.408 e. The van der Waals surface area contributed by atoms with Gasteiger partial charge in [0, 0.05) is 38.8 Å². The van der Waals surface area contributed by atoms with E-state index in [4.69, 9.17) is 18.9 Å². The highest BCUT2D eigenvalue weighted by Crippen LogP contribution is 2.29. The summed E-state index contributed by atoms with van der Waals surface area (Å²) in [6.07, 6.45) is 0.796. The van der Waals surface area contributed by atoms with E-state index in [1.54, 1.807) is 83.1 Å². The van der Waals surface area contributed by atoms with Gasteiger partial charge in [0.2, 0.25) is 17.7 Å². The molecule has 1 rings (SSSR count). The molecule has 414 valence electrons. The van der Waals surface area contributed by atoms with E-state index in [0.717, 1.165) is 12.1 Å². The van der Waals surface area contributed by atoms with Crippen LogP contribution in [0.4, 0.5) is 36.2 Å². The average Bonchev–Trinajstić information content (AvgIpc) is 3.23. The minimum absolute atomic E-state index is 0.0898. The fraction of sp³-hybridized carbons (Fsp3) is 0.729. The number of carbonyl (C=O) groups is 7. The van der Waals surface area contributed by atoms with Gasteiger partial charge in [-0.05, 0) is 160 Å². The number of hydrogen-bond acceptors (Lipinski definition) is 16. The lowest BCUT2D eigenvalue weighted by Crippen LogP contribution is -2.54. The van der Waals surface area contributed by atoms with Crippen molar-refractivity contribution >= 4 is 59.2 Å². The Hall–Kier alpha value is -6.69. The highest BCUT2D eigenvalue weighted by molar-refractivity contribution is 5.91. The number of benzene rings is 1. The Balaban J connectivity index is 3.12. The zero-order chi connectivity index (χ0) is 55.6. The molecule has 25 heteroatoms. The molecule has 3 unspecified atom stereocenters. The monoisotopic (exact) mass is 1040 g/mol. The number of nitro benzene ring substituents is 2. The maximum absolute atomic E-state index is 13.9. The highest BCUT2D eigenvalue weighted by atomic mass is 16.6. The van der Waals surface area contributed by atoms with Gasteiger partial charge in [0.15, 0.2) is 0 Å². The normalized spacial score (nSPS) is 12.9. The lowest BCUT2D eigenvalue weighted by molar-refractivity contribution is -0.393. The SMILES string of the molecule is CC(C)(C)OC(=O)NCCCCC(NC(=O)OC(C)(C)C)C(=O)NCCCCC(NC(=O)C(CCCCNC(=O)OC(C)(C)C)NC(=O)OC(C)(C)C)C(=O)NCCCCNc1ccc([N+](=O)[O-])cc1[N+](=O)[O-]. The van der Waals surface area contributed by atoms with Crippen molar-refractivity contribution in [3.05, 3.63) is 38.4 Å². The Morgan fingerprint density at radius 2 is 0.795 bits per heavy atom. The van der Waals surface area contributed by atoms with E-state index in [0.29, 0.717) is 51.4 Å². The third kappa shape index (κ3) is 31.4. The molecule has 0 radical (unpaired) electrons. The van der Waals surface area contributed by atoms with Gasteiger partial charge in [-0.25, -0.2) is 19.2 Å². The molecule has 0 aromatic heterocycles. The van der Waals surface area contributed by atoms with Crippen LogP contribution >= 0.6 is 0 Å². The molecule has 0 aliphatic carbocycles. The van der Waals surface area contributed by atoms with Crippen molar-refractivity contribution in [1.82, 2.24) is 37.2 Å². The van der Waals surface area contributed by atoms with E-state index < -0.39 is 104 Å². The zero-order valence-corrected chi connectivity index (χ0v) is 44.8. The predicted octanol–water partition coefficient (Wildman–Crippen LogP) is 6.76. The van der Waals surface area contributed by atoms with E-state index >= 15 is 0 Å². The Morgan fingerprint density at radius 3 is 1.18 bits per heavy atom. The van der Waals surface area contributed by atoms with Gasteiger partial charge in [0.25, 0.3) is 11.4 Å². The van der Waals surface area contributed by atoms with Crippen molar-refractivity contribution < 1.29 is 62.4 Å². The van der Waals surface area contributed by atoms with Crippen LogP contribution in [0, 0.1) is 20.2 Å². The maximum atomic E-state index is 13.9. The number of ether oxygens (including phenoxy) is 4. The molecule has 73 heavy (non-hydrogen) atoms. The van der Waals surface area contributed by atoms with Crippen LogP contribution in [-0.4, -0.2) is 125 Å². The van der Waals surface area contributed by atoms with Crippen molar-refractivity contribution in [2.45, 2.75) is 194 Å². The molecule has 0 spiro atoms. The van der Waals surface area contributed by atoms with Gasteiger partial charge in [-0.2, -0.15) is 0 Å². The molecular formula is C48H82N10O15. The van der Waals surface area contributed by atoms with Crippen LogP contribution in [0.1, 0.15) is 154 Å². The number of unbranched alkanes of at least 4 members (excludes halogenated alkanes) is 4.